The van der Waals surface area contributed by atoms with Gasteiger partial charge in [-0.05, 0) is 31.5 Å². The van der Waals surface area contributed by atoms with Gasteiger partial charge >= 0.3 is 5.97 Å². The second kappa shape index (κ2) is 8.17. The van der Waals surface area contributed by atoms with Crippen LogP contribution in [0.1, 0.15) is 29.1 Å². The molecule has 0 radical (unpaired) electrons. The normalized spacial score (nSPS) is 13.0. The molecule has 2 amide bonds. The molecule has 0 bridgehead atoms. The third-order valence-corrected chi connectivity index (χ3v) is 5.04. The van der Waals surface area contributed by atoms with Gasteiger partial charge < -0.3 is 14.8 Å². The maximum atomic E-state index is 12.5. The van der Waals surface area contributed by atoms with E-state index in [1.165, 1.54) is 22.4 Å². The highest BCUT2D eigenvalue weighted by Gasteiger charge is 2.29. The first-order valence-electron chi connectivity index (χ1n) is 8.51. The molecule has 142 valence electrons. The first kappa shape index (κ1) is 18.8. The van der Waals surface area contributed by atoms with E-state index < -0.39 is 11.9 Å². The lowest BCUT2D eigenvalue weighted by atomic mass is 10.2. The summed E-state index contributed by atoms with van der Waals surface area (Å²) in [5, 5.41) is 3.13. The Morgan fingerprint density at radius 2 is 2.22 bits per heavy atom. The summed E-state index contributed by atoms with van der Waals surface area (Å²) in [5.74, 6) is -0.533. The Bertz CT molecular complexity index is 880. The Morgan fingerprint density at radius 1 is 1.41 bits per heavy atom. The number of hydrogen-bond donors (Lipinski definition) is 1. The van der Waals surface area contributed by atoms with Gasteiger partial charge in [0.05, 0.1) is 12.2 Å². The highest BCUT2D eigenvalue weighted by atomic mass is 32.1. The summed E-state index contributed by atoms with van der Waals surface area (Å²) >= 11 is 1.31. The van der Waals surface area contributed by atoms with Gasteiger partial charge in [0.2, 0.25) is 5.91 Å². The highest BCUT2D eigenvalue weighted by molar-refractivity contribution is 7.16. The maximum absolute atomic E-state index is 12.5. The summed E-state index contributed by atoms with van der Waals surface area (Å²) in [6.45, 7) is 3.54. The van der Waals surface area contributed by atoms with Crippen molar-refractivity contribution in [2.45, 2.75) is 20.3 Å². The number of pyridine rings is 1. The van der Waals surface area contributed by atoms with Crippen molar-refractivity contribution in [2.75, 3.05) is 30.0 Å². The van der Waals surface area contributed by atoms with Crippen molar-refractivity contribution >= 4 is 39.9 Å². The molecular weight excluding hydrogens is 370 g/mol. The van der Waals surface area contributed by atoms with Crippen LogP contribution in [0.25, 0.3) is 0 Å². The number of fused-ring (bicyclic) bond motifs is 1. The average molecular weight is 389 g/mol. The summed E-state index contributed by atoms with van der Waals surface area (Å²) < 4.78 is 10.4. The number of carbonyl (C=O) groups excluding carboxylic acids is 3. The number of aryl methyl sites for hydroxylation is 1. The second-order valence-corrected chi connectivity index (χ2v) is 6.81. The van der Waals surface area contributed by atoms with Crippen LogP contribution in [0.5, 0.6) is 5.75 Å². The van der Waals surface area contributed by atoms with E-state index in [1.54, 1.807) is 25.1 Å². The molecule has 0 unspecified atom stereocenters. The molecule has 1 aliphatic heterocycles. The quantitative estimate of drug-likeness (QED) is 0.761. The Labute approximate surface area is 160 Å². The zero-order valence-corrected chi connectivity index (χ0v) is 15.8. The number of rotatable bonds is 6. The van der Waals surface area contributed by atoms with Crippen LogP contribution in [0.15, 0.2) is 24.4 Å². The van der Waals surface area contributed by atoms with Crippen molar-refractivity contribution in [2.24, 2.45) is 0 Å². The van der Waals surface area contributed by atoms with Crippen molar-refractivity contribution in [3.05, 3.63) is 34.8 Å². The molecule has 9 heteroatoms. The predicted octanol–water partition coefficient (Wildman–Crippen LogP) is 2.25. The summed E-state index contributed by atoms with van der Waals surface area (Å²) in [6.07, 6.45) is 2.25. The Morgan fingerprint density at radius 3 is 2.96 bits per heavy atom. The summed E-state index contributed by atoms with van der Waals surface area (Å²) in [5.41, 5.74) is 0.318. The second-order valence-electron chi connectivity index (χ2n) is 5.67. The van der Waals surface area contributed by atoms with E-state index in [1.807, 2.05) is 6.92 Å². The lowest BCUT2D eigenvalue weighted by Crippen LogP contribution is -2.44. The van der Waals surface area contributed by atoms with Gasteiger partial charge in [-0.25, -0.2) is 9.78 Å². The average Bonchev–Trinajstić information content (AvgIpc) is 3.07. The number of anilines is 2. The molecule has 0 spiro atoms. The highest BCUT2D eigenvalue weighted by Crippen LogP contribution is 2.31. The molecule has 1 aliphatic rings. The molecular formula is C18H19N3O5S. The largest absolute Gasteiger partial charge is 0.480 e. The first-order valence-corrected chi connectivity index (χ1v) is 9.33. The van der Waals surface area contributed by atoms with Gasteiger partial charge in [-0.2, -0.15) is 0 Å². The van der Waals surface area contributed by atoms with Crippen molar-refractivity contribution in [3.63, 3.8) is 0 Å². The van der Waals surface area contributed by atoms with Crippen LogP contribution in [0.3, 0.4) is 0 Å². The van der Waals surface area contributed by atoms with Gasteiger partial charge in [-0.3, -0.25) is 14.5 Å². The number of hydrogen-bond acceptors (Lipinski definition) is 7. The molecule has 3 heterocycles. The Balaban J connectivity index is 1.78. The molecule has 0 aliphatic carbocycles. The van der Waals surface area contributed by atoms with E-state index in [0.29, 0.717) is 22.1 Å². The Hall–Kier alpha value is -2.94. The minimum Gasteiger partial charge on any atom is -0.480 e. The number of esters is 1. The molecule has 1 N–H and O–H groups in total. The molecule has 0 atom stereocenters. The fourth-order valence-electron chi connectivity index (χ4n) is 2.58. The van der Waals surface area contributed by atoms with E-state index in [9.17, 15) is 14.4 Å². The fourth-order valence-corrected chi connectivity index (χ4v) is 3.58. The molecule has 0 saturated carbocycles. The van der Waals surface area contributed by atoms with E-state index in [-0.39, 0.29) is 25.7 Å². The van der Waals surface area contributed by atoms with Crippen LogP contribution in [-0.4, -0.2) is 42.5 Å². The standard InChI is InChI=1S/C18H19N3O5S/c1-3-11-8-12(18(24)25-4-2)17(27-11)20-14(22)9-21-15(23)10-26-13-6-5-7-19-16(13)21/h5-8H,3-4,9-10H2,1-2H3,(H,20,22). The third kappa shape index (κ3) is 4.08. The summed E-state index contributed by atoms with van der Waals surface area (Å²) in [4.78, 5) is 43.2. The monoisotopic (exact) mass is 389 g/mol. The van der Waals surface area contributed by atoms with E-state index in [2.05, 4.69) is 10.3 Å². The molecule has 0 aromatic carbocycles. The lowest BCUT2D eigenvalue weighted by molar-refractivity contribution is -0.123. The van der Waals surface area contributed by atoms with Crippen molar-refractivity contribution < 1.29 is 23.9 Å². The number of amides is 2. The topological polar surface area (TPSA) is 97.8 Å². The minimum absolute atomic E-state index is 0.154. The number of nitrogens with one attached hydrogen (secondary N) is 1. The van der Waals surface area contributed by atoms with Gasteiger partial charge in [0, 0.05) is 11.1 Å². The number of carbonyl (C=O) groups is 3. The van der Waals surface area contributed by atoms with Gasteiger partial charge in [-0.1, -0.05) is 6.92 Å². The van der Waals surface area contributed by atoms with E-state index >= 15 is 0 Å². The Kier molecular flexibility index (Phi) is 5.70. The number of aromatic nitrogens is 1. The van der Waals surface area contributed by atoms with E-state index in [4.69, 9.17) is 9.47 Å². The summed E-state index contributed by atoms with van der Waals surface area (Å²) in [7, 11) is 0. The third-order valence-electron chi connectivity index (χ3n) is 3.84. The van der Waals surface area contributed by atoms with Gasteiger partial charge in [0.25, 0.3) is 5.91 Å². The van der Waals surface area contributed by atoms with Crippen LogP contribution in [0, 0.1) is 0 Å². The minimum atomic E-state index is -0.488. The molecule has 3 rings (SSSR count). The maximum Gasteiger partial charge on any atom is 0.341 e. The summed E-state index contributed by atoms with van der Waals surface area (Å²) in [6, 6.07) is 5.09. The fraction of sp³-hybridized carbons (Fsp3) is 0.333. The van der Waals surface area contributed by atoms with Crippen molar-refractivity contribution in [1.29, 1.82) is 0 Å². The van der Waals surface area contributed by atoms with Crippen LogP contribution >= 0.6 is 11.3 Å². The predicted molar refractivity (Wildman–Crippen MR) is 100 cm³/mol. The number of thiophene rings is 1. The number of nitrogens with zero attached hydrogens (tertiary/aromatic N) is 2. The molecule has 27 heavy (non-hydrogen) atoms. The van der Waals surface area contributed by atoms with Crippen LogP contribution < -0.4 is 15.0 Å². The number of ether oxygens (including phenoxy) is 2. The van der Waals surface area contributed by atoms with Crippen LogP contribution in [0.2, 0.25) is 0 Å². The van der Waals surface area contributed by atoms with Crippen molar-refractivity contribution in [3.8, 4) is 5.75 Å². The molecule has 0 fully saturated rings. The lowest BCUT2D eigenvalue weighted by Gasteiger charge is -2.27. The van der Waals surface area contributed by atoms with Crippen molar-refractivity contribution in [1.82, 2.24) is 4.98 Å². The zero-order chi connectivity index (χ0) is 19.4. The zero-order valence-electron chi connectivity index (χ0n) is 15.0. The van der Waals surface area contributed by atoms with Crippen LogP contribution in [-0.2, 0) is 20.7 Å². The van der Waals surface area contributed by atoms with Gasteiger partial charge in [0.1, 0.15) is 11.5 Å². The van der Waals surface area contributed by atoms with E-state index in [0.717, 1.165) is 11.3 Å². The van der Waals surface area contributed by atoms with Crippen LogP contribution in [0.4, 0.5) is 10.8 Å². The first-order chi connectivity index (χ1) is 13.0. The molecule has 0 saturated heterocycles. The molecule has 8 nitrogen and oxygen atoms in total. The smallest absolute Gasteiger partial charge is 0.341 e. The molecule has 2 aromatic rings. The van der Waals surface area contributed by atoms with Gasteiger partial charge in [-0.15, -0.1) is 11.3 Å². The van der Waals surface area contributed by atoms with Gasteiger partial charge in [0.15, 0.2) is 18.2 Å². The SMILES string of the molecule is CCOC(=O)c1cc(CC)sc1NC(=O)CN1C(=O)COc2cccnc21. The molecule has 2 aromatic heterocycles.